The molecule has 9 nitrogen and oxygen atoms in total. The fraction of sp³-hybridized carbons (Fsp3) is 0.742. The molecule has 3 rings (SSSR count). The Hall–Kier alpha value is -2.14. The minimum absolute atomic E-state index is 0.0134. The SMILES string of the molecule is CCCCC(=O)NCc1nc(C=C(C)[C@@H]2C[C@@H]3O[C@@H]3CCC[C@H](C)[C@H](O)[C@@H](C)C(=O)C(C)(C)[C@@H](O)CC(=O)O2)cs1. The van der Waals surface area contributed by atoms with Gasteiger partial charge in [-0.3, -0.25) is 14.4 Å². The van der Waals surface area contributed by atoms with Crippen molar-refractivity contribution in [1.82, 2.24) is 10.3 Å². The Morgan fingerprint density at radius 3 is 2.66 bits per heavy atom. The lowest BCUT2D eigenvalue weighted by Crippen LogP contribution is -2.45. The van der Waals surface area contributed by atoms with Crippen LogP contribution in [0.4, 0.5) is 0 Å². The number of aliphatic hydroxyl groups excluding tert-OH is 2. The van der Waals surface area contributed by atoms with E-state index in [1.165, 1.54) is 11.3 Å². The molecule has 1 amide bonds. The summed E-state index contributed by atoms with van der Waals surface area (Å²) >= 11 is 1.45. The fourth-order valence-electron chi connectivity index (χ4n) is 5.41. The van der Waals surface area contributed by atoms with Crippen molar-refractivity contribution in [3.8, 4) is 0 Å². The van der Waals surface area contributed by atoms with Crippen molar-refractivity contribution < 1.29 is 34.1 Å². The molecular weight excluding hydrogens is 544 g/mol. The molecule has 10 heteroatoms. The molecule has 41 heavy (non-hydrogen) atoms. The van der Waals surface area contributed by atoms with E-state index in [2.05, 4.69) is 10.3 Å². The van der Waals surface area contributed by atoms with E-state index in [-0.39, 0.29) is 36.2 Å². The second kappa shape index (κ2) is 14.8. The summed E-state index contributed by atoms with van der Waals surface area (Å²) in [5, 5.41) is 27.4. The number of nitrogens with one attached hydrogen (secondary N) is 1. The van der Waals surface area contributed by atoms with Crippen LogP contribution in [0, 0.1) is 17.3 Å². The van der Waals surface area contributed by atoms with Gasteiger partial charge in [-0.15, -0.1) is 11.3 Å². The number of thiazole rings is 1. The number of carbonyl (C=O) groups is 3. The molecule has 0 aliphatic carbocycles. The van der Waals surface area contributed by atoms with Crippen molar-refractivity contribution in [1.29, 1.82) is 0 Å². The molecule has 0 unspecified atom stereocenters. The number of nitrogens with zero attached hydrogens (tertiary/aromatic N) is 1. The van der Waals surface area contributed by atoms with Crippen LogP contribution in [0.1, 0.15) is 104 Å². The van der Waals surface area contributed by atoms with Crippen molar-refractivity contribution in [2.75, 3.05) is 0 Å². The number of aromatic nitrogens is 1. The molecule has 1 aromatic rings. The van der Waals surface area contributed by atoms with Crippen LogP contribution < -0.4 is 5.32 Å². The van der Waals surface area contributed by atoms with Crippen molar-refractivity contribution in [2.24, 2.45) is 17.3 Å². The molecule has 1 aromatic heterocycles. The fourth-order valence-corrected chi connectivity index (χ4v) is 6.10. The Morgan fingerprint density at radius 1 is 1.22 bits per heavy atom. The van der Waals surface area contributed by atoms with E-state index in [0.29, 0.717) is 19.4 Å². The maximum atomic E-state index is 13.3. The summed E-state index contributed by atoms with van der Waals surface area (Å²) < 4.78 is 11.8. The first-order chi connectivity index (χ1) is 19.3. The Bertz CT molecular complexity index is 1080. The molecule has 3 heterocycles. The van der Waals surface area contributed by atoms with Gasteiger partial charge in [0.25, 0.3) is 0 Å². The van der Waals surface area contributed by atoms with E-state index >= 15 is 0 Å². The summed E-state index contributed by atoms with van der Waals surface area (Å²) in [6.45, 7) is 11.2. The molecule has 0 aromatic carbocycles. The number of fused-ring (bicyclic) bond motifs is 1. The number of ether oxygens (including phenoxy) is 2. The third-order valence-corrected chi connectivity index (χ3v) is 9.41. The molecule has 230 valence electrons. The lowest BCUT2D eigenvalue weighted by Gasteiger charge is -2.34. The summed E-state index contributed by atoms with van der Waals surface area (Å²) in [4.78, 5) is 42.8. The number of amides is 1. The Morgan fingerprint density at radius 2 is 1.95 bits per heavy atom. The van der Waals surface area contributed by atoms with Gasteiger partial charge in [0.05, 0.1) is 48.5 Å². The average Bonchev–Trinajstić information content (AvgIpc) is 3.51. The zero-order chi connectivity index (χ0) is 30.3. The molecule has 0 spiro atoms. The third-order valence-electron chi connectivity index (χ3n) is 8.54. The highest BCUT2D eigenvalue weighted by Crippen LogP contribution is 2.36. The van der Waals surface area contributed by atoms with Gasteiger partial charge in [-0.2, -0.15) is 0 Å². The van der Waals surface area contributed by atoms with E-state index in [9.17, 15) is 24.6 Å². The van der Waals surface area contributed by atoms with Crippen LogP contribution in [0.5, 0.6) is 0 Å². The molecular formula is C31H48N2O7S. The molecule has 3 N–H and O–H groups in total. The number of Topliss-reactive ketones (excluding diaryl/α,β-unsaturated/α-hetero) is 1. The van der Waals surface area contributed by atoms with Gasteiger partial charge < -0.3 is 25.0 Å². The Balaban J connectivity index is 1.74. The van der Waals surface area contributed by atoms with Gasteiger partial charge in [0.2, 0.25) is 5.91 Å². The van der Waals surface area contributed by atoms with E-state index in [1.807, 2.05) is 32.2 Å². The molecule has 0 saturated carbocycles. The topological polar surface area (TPSA) is 138 Å². The highest BCUT2D eigenvalue weighted by molar-refractivity contribution is 7.09. The van der Waals surface area contributed by atoms with Crippen molar-refractivity contribution in [3.63, 3.8) is 0 Å². The van der Waals surface area contributed by atoms with Crippen LogP contribution in [-0.2, 0) is 30.4 Å². The lowest BCUT2D eigenvalue weighted by molar-refractivity contribution is -0.154. The summed E-state index contributed by atoms with van der Waals surface area (Å²) in [6.07, 6.45) is 4.14. The van der Waals surface area contributed by atoms with Gasteiger partial charge in [-0.05, 0) is 43.8 Å². The van der Waals surface area contributed by atoms with Crippen LogP contribution >= 0.6 is 11.3 Å². The number of cyclic esters (lactones) is 1. The zero-order valence-electron chi connectivity index (χ0n) is 25.4. The predicted octanol–water partition coefficient (Wildman–Crippen LogP) is 4.59. The number of hydrogen-bond donors (Lipinski definition) is 3. The van der Waals surface area contributed by atoms with Crippen molar-refractivity contribution >= 4 is 35.1 Å². The van der Waals surface area contributed by atoms with Gasteiger partial charge in [0.1, 0.15) is 16.9 Å². The lowest BCUT2D eigenvalue weighted by atomic mass is 9.73. The maximum Gasteiger partial charge on any atom is 0.309 e. The third kappa shape index (κ3) is 9.43. The van der Waals surface area contributed by atoms with E-state index in [0.717, 1.165) is 48.4 Å². The number of aliphatic hydroxyl groups is 2. The number of ketones is 1. The number of hydrogen-bond acceptors (Lipinski definition) is 9. The molecule has 0 radical (unpaired) electrons. The summed E-state index contributed by atoms with van der Waals surface area (Å²) in [6, 6.07) is 0. The molecule has 2 aliphatic rings. The number of unbranched alkanes of at least 4 members (excludes halogenated alkanes) is 1. The number of rotatable bonds is 7. The zero-order valence-corrected chi connectivity index (χ0v) is 26.2. The van der Waals surface area contributed by atoms with Crippen LogP contribution in [0.2, 0.25) is 0 Å². The second-order valence-corrected chi connectivity index (χ2v) is 13.3. The summed E-state index contributed by atoms with van der Waals surface area (Å²) in [5.74, 6) is -1.62. The first-order valence-electron chi connectivity index (χ1n) is 15.0. The van der Waals surface area contributed by atoms with Gasteiger partial charge in [0.15, 0.2) is 0 Å². The molecule has 0 bridgehead atoms. The molecule has 7 atom stereocenters. The Labute approximate surface area is 248 Å². The van der Waals surface area contributed by atoms with E-state index < -0.39 is 35.6 Å². The maximum absolute atomic E-state index is 13.3. The number of esters is 1. The summed E-state index contributed by atoms with van der Waals surface area (Å²) in [7, 11) is 0. The predicted molar refractivity (Wildman–Crippen MR) is 158 cm³/mol. The molecule has 2 fully saturated rings. The quantitative estimate of drug-likeness (QED) is 0.309. The van der Waals surface area contributed by atoms with Gasteiger partial charge in [-0.1, -0.05) is 47.5 Å². The van der Waals surface area contributed by atoms with Crippen LogP contribution in [-0.4, -0.2) is 63.4 Å². The highest BCUT2D eigenvalue weighted by atomic mass is 32.1. The molecule has 2 saturated heterocycles. The van der Waals surface area contributed by atoms with Crippen LogP contribution in [0.25, 0.3) is 6.08 Å². The van der Waals surface area contributed by atoms with Crippen molar-refractivity contribution in [3.05, 3.63) is 21.7 Å². The molecule has 2 aliphatic heterocycles. The van der Waals surface area contributed by atoms with Crippen molar-refractivity contribution in [2.45, 2.75) is 130 Å². The Kier molecular flexibility index (Phi) is 12.1. The van der Waals surface area contributed by atoms with Gasteiger partial charge >= 0.3 is 5.97 Å². The van der Waals surface area contributed by atoms with Gasteiger partial charge in [0, 0.05) is 24.1 Å². The number of epoxide rings is 1. The van der Waals surface area contributed by atoms with Crippen LogP contribution in [0.3, 0.4) is 0 Å². The largest absolute Gasteiger partial charge is 0.458 e. The first kappa shape index (κ1) is 33.4. The minimum Gasteiger partial charge on any atom is -0.458 e. The monoisotopic (exact) mass is 592 g/mol. The van der Waals surface area contributed by atoms with Gasteiger partial charge in [-0.25, -0.2) is 4.98 Å². The number of carbonyl (C=O) groups excluding carboxylic acids is 3. The summed E-state index contributed by atoms with van der Waals surface area (Å²) in [5.41, 5.74) is 0.285. The second-order valence-electron chi connectivity index (χ2n) is 12.4. The standard InChI is InChI=1S/C31H48N2O7S/c1-7-8-12-26(35)32-16-27-33-21(17-41-27)13-19(3)23-14-24-22(39-24)11-9-10-18(2)29(37)20(4)30(38)31(5,6)25(34)15-28(36)40-23/h13,17-18,20,22-25,29,34,37H,7-12,14-16H2,1-6H3,(H,32,35)/t18-,20+,22+,23-,24-,25-,29-/m0/s1. The normalized spacial score (nSPS) is 31.7. The van der Waals surface area contributed by atoms with E-state index in [1.54, 1.807) is 20.8 Å². The van der Waals surface area contributed by atoms with E-state index in [4.69, 9.17) is 9.47 Å². The first-order valence-corrected chi connectivity index (χ1v) is 15.9. The highest BCUT2D eigenvalue weighted by Gasteiger charge is 2.44. The average molecular weight is 593 g/mol. The smallest absolute Gasteiger partial charge is 0.309 e. The minimum atomic E-state index is -1.26. The van der Waals surface area contributed by atoms with Crippen LogP contribution in [0.15, 0.2) is 11.0 Å².